The van der Waals surface area contributed by atoms with Crippen molar-refractivity contribution < 1.29 is 9.59 Å². The Morgan fingerprint density at radius 2 is 2.20 bits per heavy atom. The van der Waals surface area contributed by atoms with Crippen LogP contribution < -0.4 is 10.2 Å². The largest absolute Gasteiger partial charge is 0.367 e. The summed E-state index contributed by atoms with van der Waals surface area (Å²) in [6.07, 6.45) is 4.75. The summed E-state index contributed by atoms with van der Waals surface area (Å²) < 4.78 is 1.82. The molecule has 2 saturated heterocycles. The minimum absolute atomic E-state index is 0.124. The van der Waals surface area contributed by atoms with Crippen LogP contribution in [0, 0.1) is 5.41 Å². The maximum Gasteiger partial charge on any atom is 0.235 e. The number of amides is 2. The van der Waals surface area contributed by atoms with Crippen LogP contribution in [0.15, 0.2) is 30.6 Å². The van der Waals surface area contributed by atoms with Gasteiger partial charge in [0, 0.05) is 25.7 Å². The highest BCUT2D eigenvalue weighted by Gasteiger charge is 2.51. The Bertz CT molecular complexity index is 723. The van der Waals surface area contributed by atoms with Crippen molar-refractivity contribution in [3.63, 3.8) is 0 Å². The van der Waals surface area contributed by atoms with Crippen LogP contribution in [0.5, 0.6) is 0 Å². The van der Waals surface area contributed by atoms with Gasteiger partial charge in [0.15, 0.2) is 0 Å². The molecule has 1 spiro atoms. The number of fused-ring (bicyclic) bond motifs is 1. The lowest BCUT2D eigenvalue weighted by Gasteiger charge is -2.20. The van der Waals surface area contributed by atoms with Crippen LogP contribution in [-0.2, 0) is 9.59 Å². The molecule has 0 radical (unpaired) electrons. The maximum atomic E-state index is 12.0. The van der Waals surface area contributed by atoms with Gasteiger partial charge in [0.2, 0.25) is 11.8 Å². The van der Waals surface area contributed by atoms with Crippen molar-refractivity contribution in [3.8, 4) is 0 Å². The zero-order chi connectivity index (χ0) is 13.7. The summed E-state index contributed by atoms with van der Waals surface area (Å²) in [7, 11) is 0. The van der Waals surface area contributed by atoms with E-state index in [1.54, 1.807) is 0 Å². The van der Waals surface area contributed by atoms with Crippen molar-refractivity contribution in [2.75, 3.05) is 18.0 Å². The Labute approximate surface area is 115 Å². The van der Waals surface area contributed by atoms with Crippen LogP contribution >= 0.6 is 0 Å². The lowest BCUT2D eigenvalue weighted by molar-refractivity contribution is -0.127. The van der Waals surface area contributed by atoms with Gasteiger partial charge in [-0.15, -0.1) is 0 Å². The molecule has 0 saturated carbocycles. The van der Waals surface area contributed by atoms with Gasteiger partial charge in [-0.05, 0) is 18.6 Å². The molecule has 4 rings (SSSR count). The first-order chi connectivity index (χ1) is 9.68. The number of carbonyl (C=O) groups is 2. The first-order valence-electron chi connectivity index (χ1n) is 6.70. The fourth-order valence-corrected chi connectivity index (χ4v) is 3.26. The van der Waals surface area contributed by atoms with E-state index < -0.39 is 5.41 Å². The summed E-state index contributed by atoms with van der Waals surface area (Å²) in [5, 5.41) is 6.75. The second kappa shape index (κ2) is 3.82. The molecule has 1 atom stereocenters. The van der Waals surface area contributed by atoms with Crippen molar-refractivity contribution in [2.24, 2.45) is 5.41 Å². The van der Waals surface area contributed by atoms with Crippen LogP contribution in [0.2, 0.25) is 0 Å². The number of anilines is 1. The number of imide groups is 1. The monoisotopic (exact) mass is 270 g/mol. The number of pyridine rings is 1. The van der Waals surface area contributed by atoms with Gasteiger partial charge in [0.1, 0.15) is 0 Å². The van der Waals surface area contributed by atoms with Gasteiger partial charge in [-0.25, -0.2) is 4.52 Å². The average molecular weight is 270 g/mol. The molecule has 6 heteroatoms. The number of rotatable bonds is 1. The van der Waals surface area contributed by atoms with E-state index in [4.69, 9.17) is 0 Å². The molecule has 2 aliphatic rings. The van der Waals surface area contributed by atoms with Crippen LogP contribution in [-0.4, -0.2) is 34.5 Å². The molecular formula is C14H14N4O2. The summed E-state index contributed by atoms with van der Waals surface area (Å²) >= 11 is 0. The van der Waals surface area contributed by atoms with Gasteiger partial charge in [0.25, 0.3) is 0 Å². The fourth-order valence-electron chi connectivity index (χ4n) is 3.26. The molecular weight excluding hydrogens is 256 g/mol. The number of nitrogens with zero attached hydrogens (tertiary/aromatic N) is 3. The van der Waals surface area contributed by atoms with Crippen molar-refractivity contribution >= 4 is 23.0 Å². The van der Waals surface area contributed by atoms with E-state index in [1.165, 1.54) is 0 Å². The van der Waals surface area contributed by atoms with E-state index in [9.17, 15) is 9.59 Å². The van der Waals surface area contributed by atoms with Gasteiger partial charge in [-0.2, -0.15) is 5.10 Å². The third kappa shape index (κ3) is 1.47. The molecule has 4 heterocycles. The molecule has 2 aliphatic heterocycles. The highest BCUT2D eigenvalue weighted by molar-refractivity contribution is 6.06. The van der Waals surface area contributed by atoms with Crippen LogP contribution in [0.3, 0.4) is 0 Å². The molecule has 1 N–H and O–H groups in total. The zero-order valence-electron chi connectivity index (χ0n) is 10.9. The van der Waals surface area contributed by atoms with Gasteiger partial charge in [0.05, 0.1) is 22.8 Å². The number of carbonyl (C=O) groups excluding carboxylic acids is 2. The normalized spacial score (nSPS) is 25.9. The molecule has 6 nitrogen and oxygen atoms in total. The maximum absolute atomic E-state index is 12.0. The summed E-state index contributed by atoms with van der Waals surface area (Å²) in [5.41, 5.74) is 1.50. The minimum Gasteiger partial charge on any atom is -0.367 e. The Balaban J connectivity index is 1.69. The fraction of sp³-hybridized carbons (Fsp3) is 0.357. The Morgan fingerprint density at radius 1 is 1.30 bits per heavy atom. The van der Waals surface area contributed by atoms with Crippen molar-refractivity contribution in [1.82, 2.24) is 14.9 Å². The quantitative estimate of drug-likeness (QED) is 0.770. The molecule has 0 aliphatic carbocycles. The predicted octanol–water partition coefficient (Wildman–Crippen LogP) is 0.577. The van der Waals surface area contributed by atoms with E-state index in [-0.39, 0.29) is 11.8 Å². The smallest absolute Gasteiger partial charge is 0.235 e. The van der Waals surface area contributed by atoms with Crippen molar-refractivity contribution in [3.05, 3.63) is 30.6 Å². The molecule has 20 heavy (non-hydrogen) atoms. The highest BCUT2D eigenvalue weighted by Crippen LogP contribution is 2.40. The van der Waals surface area contributed by atoms with E-state index in [2.05, 4.69) is 15.3 Å². The van der Waals surface area contributed by atoms with E-state index >= 15 is 0 Å². The van der Waals surface area contributed by atoms with Crippen LogP contribution in [0.25, 0.3) is 5.52 Å². The first kappa shape index (κ1) is 11.5. The van der Waals surface area contributed by atoms with Crippen LogP contribution in [0.4, 0.5) is 5.69 Å². The molecule has 1 unspecified atom stereocenters. The topological polar surface area (TPSA) is 66.7 Å². The van der Waals surface area contributed by atoms with E-state index in [1.807, 2.05) is 35.1 Å². The van der Waals surface area contributed by atoms with Crippen LogP contribution in [0.1, 0.15) is 12.8 Å². The third-order valence-corrected chi connectivity index (χ3v) is 4.33. The number of nitrogens with one attached hydrogen (secondary N) is 1. The lowest BCUT2D eigenvalue weighted by Crippen LogP contribution is -2.34. The predicted molar refractivity (Wildman–Crippen MR) is 72.2 cm³/mol. The second-order valence-corrected chi connectivity index (χ2v) is 5.57. The molecule has 2 fully saturated rings. The lowest BCUT2D eigenvalue weighted by atomic mass is 9.85. The Hall–Kier alpha value is -2.37. The van der Waals surface area contributed by atoms with Gasteiger partial charge in [-0.3, -0.25) is 14.9 Å². The zero-order valence-corrected chi connectivity index (χ0v) is 10.9. The highest BCUT2D eigenvalue weighted by atomic mass is 16.2. The van der Waals surface area contributed by atoms with Gasteiger partial charge >= 0.3 is 0 Å². The standard InChI is InChI=1S/C14H14N4O2/c19-12-7-14(13(20)16-12)4-6-17(9-14)11-8-15-18-5-2-1-3-10(11)18/h1-3,5,8H,4,6-7,9H2,(H,16,19,20). The molecule has 0 bridgehead atoms. The van der Waals surface area contributed by atoms with E-state index in [0.29, 0.717) is 13.0 Å². The number of hydrogen-bond donors (Lipinski definition) is 1. The molecule has 0 aromatic carbocycles. The molecule has 2 aromatic rings. The summed E-state index contributed by atoms with van der Waals surface area (Å²) in [5.74, 6) is -0.279. The Morgan fingerprint density at radius 3 is 3.00 bits per heavy atom. The SMILES string of the molecule is O=C1CC2(CCN(c3cnn4ccccc34)C2)C(=O)N1. The van der Waals surface area contributed by atoms with Crippen molar-refractivity contribution in [2.45, 2.75) is 12.8 Å². The van der Waals surface area contributed by atoms with Gasteiger partial charge in [-0.1, -0.05) is 6.07 Å². The molecule has 2 amide bonds. The molecule has 2 aromatic heterocycles. The van der Waals surface area contributed by atoms with Gasteiger partial charge < -0.3 is 4.90 Å². The Kier molecular flexibility index (Phi) is 2.19. The summed E-state index contributed by atoms with van der Waals surface area (Å²) in [6.45, 7) is 1.36. The average Bonchev–Trinajstić information content (AvgIpc) is 3.09. The van der Waals surface area contributed by atoms with E-state index in [0.717, 1.165) is 24.2 Å². The number of aromatic nitrogens is 2. The minimum atomic E-state index is -0.542. The number of hydrogen-bond acceptors (Lipinski definition) is 4. The third-order valence-electron chi connectivity index (χ3n) is 4.33. The molecule has 102 valence electrons. The van der Waals surface area contributed by atoms with Crippen molar-refractivity contribution in [1.29, 1.82) is 0 Å². The summed E-state index contributed by atoms with van der Waals surface area (Å²) in [6, 6.07) is 5.91. The second-order valence-electron chi connectivity index (χ2n) is 5.57. The summed E-state index contributed by atoms with van der Waals surface area (Å²) in [4.78, 5) is 25.6. The first-order valence-corrected chi connectivity index (χ1v) is 6.70.